The number of ether oxygens (including phenoxy) is 7. The number of nitrogens with two attached hydrogens (primary N) is 1. The minimum absolute atomic E-state index is 0.0361. The molecular weight excluding hydrogens is 754 g/mol. The van der Waals surface area contributed by atoms with Crippen molar-refractivity contribution in [1.29, 1.82) is 0 Å². The van der Waals surface area contributed by atoms with Crippen LogP contribution in [0.2, 0.25) is 0 Å². The molecule has 0 radical (unpaired) electrons. The summed E-state index contributed by atoms with van der Waals surface area (Å²) in [6.45, 7) is -1.89. The zero-order chi connectivity index (χ0) is 40.6. The molecule has 0 unspecified atom stereocenters. The van der Waals surface area contributed by atoms with E-state index in [1.807, 2.05) is 0 Å². The summed E-state index contributed by atoms with van der Waals surface area (Å²) < 4.78 is 38.6. The maximum atomic E-state index is 11.1. The average molecular weight is 809 g/mol. The topological polar surface area (TPSA) is 405 Å². The zero-order valence-electron chi connectivity index (χ0n) is 29.4. The van der Waals surface area contributed by atoms with Crippen molar-refractivity contribution in [2.75, 3.05) is 26.4 Å². The Morgan fingerprint density at radius 3 is 1.47 bits per heavy atom. The Bertz CT molecular complexity index is 1250. The third kappa shape index (κ3) is 9.03. The molecule has 0 aromatic rings. The Morgan fingerprint density at radius 2 is 0.982 bits per heavy atom. The molecule has 320 valence electrons. The first kappa shape index (κ1) is 44.9. The van der Waals surface area contributed by atoms with Gasteiger partial charge >= 0.3 is 0 Å². The lowest BCUT2D eigenvalue weighted by atomic mass is 9.86. The molecule has 1 aliphatic carbocycles. The van der Waals surface area contributed by atoms with E-state index in [4.69, 9.17) is 33.2 Å². The van der Waals surface area contributed by atoms with E-state index in [2.05, 4.69) is 0 Å². The lowest BCUT2D eigenvalue weighted by Gasteiger charge is -2.48. The van der Waals surface area contributed by atoms with E-state index in [0.29, 0.717) is 0 Å². The van der Waals surface area contributed by atoms with Gasteiger partial charge in [-0.25, -0.2) is 0 Å². The van der Waals surface area contributed by atoms with Gasteiger partial charge in [-0.3, -0.25) is 0 Å². The van der Waals surface area contributed by atoms with E-state index in [1.54, 1.807) is 0 Å². The standard InChI is InChI=1S/C31H53NO23/c1-7-13(16(39)21(44)28(48)49-7)32-9-2-8(3-33)25(18(41)14(9)37)53-30-23(46)19(42)27(11(5-35)51-30)55-31-24(47)20(43)26(12(6-36)52-31)54-29-22(45)17(40)15(38)10(4-34)50-29/h2,7,9-48H,3-6H2,1H3/p+1/t7-,9+,10-,11-,12-,13-,14+,15-,16+,17+,18-,19-,20-,21-,22-,23-,24-,25-,26-,27-,28+,29-,30-,31-/m1/s1. The van der Waals surface area contributed by atoms with E-state index in [9.17, 15) is 81.7 Å². The largest absolute Gasteiger partial charge is 0.394 e. The second-order valence-electron chi connectivity index (χ2n) is 14.3. The van der Waals surface area contributed by atoms with Gasteiger partial charge in [0.05, 0.1) is 26.4 Å². The summed E-state index contributed by atoms with van der Waals surface area (Å²) in [5.41, 5.74) is -0.0361. The van der Waals surface area contributed by atoms with Crippen molar-refractivity contribution in [1.82, 2.24) is 0 Å². The van der Waals surface area contributed by atoms with Crippen LogP contribution in [0.25, 0.3) is 0 Å². The summed E-state index contributed by atoms with van der Waals surface area (Å²) in [7, 11) is 0. The van der Waals surface area contributed by atoms with Gasteiger partial charge in [-0.1, -0.05) is 0 Å². The highest BCUT2D eigenvalue weighted by molar-refractivity contribution is 5.21. The van der Waals surface area contributed by atoms with Crippen molar-refractivity contribution < 1.29 is 120 Å². The molecule has 0 aromatic heterocycles. The lowest BCUT2D eigenvalue weighted by Crippen LogP contribution is -3.02. The molecule has 0 saturated carbocycles. The molecule has 55 heavy (non-hydrogen) atoms. The summed E-state index contributed by atoms with van der Waals surface area (Å²) in [5.74, 6) is 0. The Hall–Kier alpha value is -1.22. The molecule has 4 fully saturated rings. The second-order valence-corrected chi connectivity index (χ2v) is 14.3. The minimum Gasteiger partial charge on any atom is -0.394 e. The van der Waals surface area contributed by atoms with Gasteiger partial charge in [0.2, 0.25) is 0 Å². The van der Waals surface area contributed by atoms with Crippen molar-refractivity contribution in [3.05, 3.63) is 11.6 Å². The molecule has 24 atom stereocenters. The van der Waals surface area contributed by atoms with E-state index >= 15 is 0 Å². The molecule has 0 bridgehead atoms. The van der Waals surface area contributed by atoms with Crippen LogP contribution in [0.5, 0.6) is 0 Å². The fraction of sp³-hybridized carbons (Fsp3) is 0.935. The highest BCUT2D eigenvalue weighted by Crippen LogP contribution is 2.34. The van der Waals surface area contributed by atoms with Gasteiger partial charge in [0, 0.05) is 0 Å². The third-order valence-corrected chi connectivity index (χ3v) is 10.7. The number of quaternary nitrogens is 1. The smallest absolute Gasteiger partial charge is 0.187 e. The molecule has 4 saturated heterocycles. The minimum atomic E-state index is -2.05. The number of aliphatic hydroxyl groups is 16. The molecule has 0 amide bonds. The maximum absolute atomic E-state index is 11.1. The van der Waals surface area contributed by atoms with Crippen LogP contribution in [-0.2, 0) is 33.2 Å². The predicted octanol–water partition coefficient (Wildman–Crippen LogP) is -11.8. The van der Waals surface area contributed by atoms with E-state index in [1.165, 1.54) is 18.3 Å². The first-order chi connectivity index (χ1) is 26.0. The van der Waals surface area contributed by atoms with Crippen molar-refractivity contribution in [3.63, 3.8) is 0 Å². The van der Waals surface area contributed by atoms with Crippen molar-refractivity contribution in [2.24, 2.45) is 0 Å². The molecule has 24 nitrogen and oxygen atoms in total. The van der Waals surface area contributed by atoms with Crippen LogP contribution in [0.1, 0.15) is 6.92 Å². The Balaban J connectivity index is 1.24. The summed E-state index contributed by atoms with van der Waals surface area (Å²) in [4.78, 5) is 0. The number of hydrogen-bond acceptors (Lipinski definition) is 23. The first-order valence-corrected chi connectivity index (χ1v) is 17.7. The van der Waals surface area contributed by atoms with Crippen molar-refractivity contribution in [3.8, 4) is 0 Å². The second kappa shape index (κ2) is 18.8. The van der Waals surface area contributed by atoms with Gasteiger partial charge in [0.15, 0.2) is 25.2 Å². The normalized spacial score (nSPS) is 52.5. The molecule has 4 heterocycles. The Kier molecular flexibility index (Phi) is 15.3. The molecular formula is C31H54NO23+. The van der Waals surface area contributed by atoms with E-state index in [-0.39, 0.29) is 5.57 Å². The lowest BCUT2D eigenvalue weighted by molar-refractivity contribution is -0.738. The fourth-order valence-corrected chi connectivity index (χ4v) is 7.44. The number of aliphatic hydroxyl groups excluding tert-OH is 16. The van der Waals surface area contributed by atoms with Crippen LogP contribution in [0.4, 0.5) is 0 Å². The van der Waals surface area contributed by atoms with Gasteiger partial charge in [-0.05, 0) is 18.6 Å². The number of hydrogen-bond donors (Lipinski definition) is 17. The molecule has 4 aliphatic heterocycles. The van der Waals surface area contributed by atoms with Crippen LogP contribution >= 0.6 is 0 Å². The molecule has 24 heteroatoms. The summed E-state index contributed by atoms with van der Waals surface area (Å²) in [6, 6.07) is -2.00. The quantitative estimate of drug-likeness (QED) is 0.0814. The predicted molar refractivity (Wildman–Crippen MR) is 169 cm³/mol. The Labute approximate surface area is 312 Å². The summed E-state index contributed by atoms with van der Waals surface area (Å²) in [6.07, 6.45) is -36.5. The summed E-state index contributed by atoms with van der Waals surface area (Å²) in [5, 5.41) is 168. The highest BCUT2D eigenvalue weighted by atomic mass is 16.8. The van der Waals surface area contributed by atoms with Gasteiger partial charge in [-0.15, -0.1) is 0 Å². The summed E-state index contributed by atoms with van der Waals surface area (Å²) >= 11 is 0. The average Bonchev–Trinajstić information content (AvgIpc) is 3.17. The number of rotatable bonds is 12. The van der Waals surface area contributed by atoms with Gasteiger partial charge in [0.25, 0.3) is 0 Å². The van der Waals surface area contributed by atoms with Crippen molar-refractivity contribution >= 4 is 0 Å². The molecule has 0 aromatic carbocycles. The monoisotopic (exact) mass is 808 g/mol. The highest BCUT2D eigenvalue weighted by Gasteiger charge is 2.55. The Morgan fingerprint density at radius 1 is 0.509 bits per heavy atom. The molecule has 18 N–H and O–H groups in total. The van der Waals surface area contributed by atoms with Crippen LogP contribution in [0.15, 0.2) is 11.6 Å². The van der Waals surface area contributed by atoms with Crippen LogP contribution < -0.4 is 5.32 Å². The SMILES string of the molecule is C[C@H]1O[C@H](O)[C@H](O)[C@@H](O)[C@@H]1[NH2+][C@H]1C=C(CO)[C@@H](O[C@H]2O[C@H](CO)[C@@H](O[C@H]3O[C@H](CO)[C@@H](O[C@H]4O[C@H](CO)[C@@H](O)[C@H](O)[C@H]4O)[C@H](O)[C@H]3O)[C@H](O)[C@H]2O)[C@H](O)[C@H]1O. The maximum Gasteiger partial charge on any atom is 0.187 e. The van der Waals surface area contributed by atoms with E-state index in [0.717, 1.165) is 0 Å². The van der Waals surface area contributed by atoms with Crippen LogP contribution in [-0.4, -0.2) is 255 Å². The first-order valence-electron chi connectivity index (χ1n) is 17.7. The van der Waals surface area contributed by atoms with E-state index < -0.39 is 174 Å². The molecule has 5 rings (SSSR count). The van der Waals surface area contributed by atoms with Crippen LogP contribution in [0.3, 0.4) is 0 Å². The van der Waals surface area contributed by atoms with Gasteiger partial charge in [0.1, 0.15) is 122 Å². The molecule has 0 spiro atoms. The molecule has 5 aliphatic rings. The zero-order valence-corrected chi connectivity index (χ0v) is 29.4. The van der Waals surface area contributed by atoms with Crippen LogP contribution in [0, 0.1) is 0 Å². The van der Waals surface area contributed by atoms with Crippen molar-refractivity contribution in [2.45, 2.75) is 154 Å². The van der Waals surface area contributed by atoms with Gasteiger partial charge in [-0.2, -0.15) is 0 Å². The fourth-order valence-electron chi connectivity index (χ4n) is 7.44. The van der Waals surface area contributed by atoms with Gasteiger partial charge < -0.3 is 120 Å². The third-order valence-electron chi connectivity index (χ3n) is 10.7.